The van der Waals surface area contributed by atoms with Crippen molar-refractivity contribution in [2.45, 2.75) is 58.3 Å². The van der Waals surface area contributed by atoms with E-state index in [-0.39, 0.29) is 52.2 Å². The lowest BCUT2D eigenvalue weighted by atomic mass is 9.82. The van der Waals surface area contributed by atoms with Crippen LogP contribution in [0.5, 0.6) is 28.7 Å². The molecular weight excluding hydrogens is 680 g/mol. The number of nitrogens with one attached hydrogen (secondary N) is 1. The van der Waals surface area contributed by atoms with Crippen LogP contribution >= 0.6 is 0 Å². The second-order valence-electron chi connectivity index (χ2n) is 12.0. The lowest BCUT2D eigenvalue weighted by molar-refractivity contribution is -0.147. The summed E-state index contributed by atoms with van der Waals surface area (Å²) in [4.78, 5) is 41.4. The molecule has 15 heteroatoms. The number of aliphatic hydroxyl groups excluding tert-OH is 1. The van der Waals surface area contributed by atoms with Gasteiger partial charge in [-0.05, 0) is 44.4 Å². The summed E-state index contributed by atoms with van der Waals surface area (Å²) in [6, 6.07) is -0.812. The molecule has 284 valence electrons. The molecule has 2 aliphatic rings. The summed E-state index contributed by atoms with van der Waals surface area (Å²) in [6.07, 6.45) is 2.40. The number of hydrogen-bond acceptors (Lipinski definition) is 14. The second-order valence-corrected chi connectivity index (χ2v) is 12.0. The minimum absolute atomic E-state index is 0.0337. The van der Waals surface area contributed by atoms with Crippen LogP contribution in [0, 0.1) is 13.8 Å². The minimum Gasteiger partial charge on any atom is -0.493 e. The first-order chi connectivity index (χ1) is 25.1. The number of esters is 2. The summed E-state index contributed by atoms with van der Waals surface area (Å²) in [5.41, 5.74) is 2.85. The quantitative estimate of drug-likeness (QED) is 0.0978. The Kier molecular flexibility index (Phi) is 14.1. The van der Waals surface area contributed by atoms with E-state index in [2.05, 4.69) is 18.5 Å². The first-order valence-electron chi connectivity index (χ1n) is 16.8. The van der Waals surface area contributed by atoms with Crippen molar-refractivity contribution >= 4 is 18.0 Å². The molecule has 0 saturated carbocycles. The Labute approximate surface area is 303 Å². The smallest absolute Gasteiger partial charge is 0.411 e. The molecule has 52 heavy (non-hydrogen) atoms. The molecule has 0 bridgehead atoms. The van der Waals surface area contributed by atoms with Crippen LogP contribution < -0.4 is 29.0 Å². The number of aliphatic hydroxyl groups is 1. The van der Waals surface area contributed by atoms with Gasteiger partial charge in [0, 0.05) is 30.7 Å². The third-order valence-corrected chi connectivity index (χ3v) is 8.55. The van der Waals surface area contributed by atoms with Gasteiger partial charge in [0.05, 0.1) is 38.4 Å². The van der Waals surface area contributed by atoms with Gasteiger partial charge >= 0.3 is 18.0 Å². The SMILES string of the molecule is C=CCOC(=O)N1C(COC(C)=O)Cc2cc(C)c(OC)c(OCC=C)c2C1C(CO)NC(C(=O)OCC)c1cc(OCOC)c(C)c2c1OCO2. The standard InChI is InChI=1S/C37H48N2O13/c1-9-12-47-35-29-24(14-21(4)32(35)45-8)15-25(18-49-23(6)41)39(37(43)48-13-10-2)31(29)27(17-40)38-30(36(42)46-11-3)26-16-28(50-19-44-7)22(5)33-34(26)52-20-51-33/h9-10,14,16,25,27,30-31,38,40H,1-2,11-13,15,17-20H2,3-8H3. The number of nitrogens with zero attached hydrogens (tertiary/aromatic N) is 1. The van der Waals surface area contributed by atoms with E-state index >= 15 is 0 Å². The molecule has 4 rings (SSSR count). The third-order valence-electron chi connectivity index (χ3n) is 8.55. The molecule has 4 atom stereocenters. The van der Waals surface area contributed by atoms with Crippen LogP contribution in [0.1, 0.15) is 53.7 Å². The fourth-order valence-electron chi connectivity index (χ4n) is 6.47. The zero-order chi connectivity index (χ0) is 37.9. The lowest BCUT2D eigenvalue weighted by Gasteiger charge is -2.46. The zero-order valence-electron chi connectivity index (χ0n) is 30.5. The molecule has 2 aliphatic heterocycles. The van der Waals surface area contributed by atoms with Gasteiger partial charge in [0.15, 0.2) is 29.8 Å². The van der Waals surface area contributed by atoms with Gasteiger partial charge in [0.25, 0.3) is 0 Å². The van der Waals surface area contributed by atoms with Gasteiger partial charge in [0.2, 0.25) is 6.79 Å². The van der Waals surface area contributed by atoms with E-state index in [1.54, 1.807) is 26.0 Å². The molecular formula is C37H48N2O13. The van der Waals surface area contributed by atoms with Crippen molar-refractivity contribution < 1.29 is 62.1 Å². The summed E-state index contributed by atoms with van der Waals surface area (Å²) in [5, 5.41) is 14.5. The maximum absolute atomic E-state index is 14.1. The molecule has 4 unspecified atom stereocenters. The predicted octanol–water partition coefficient (Wildman–Crippen LogP) is 4.00. The van der Waals surface area contributed by atoms with Crippen molar-refractivity contribution in [1.82, 2.24) is 10.2 Å². The highest BCUT2D eigenvalue weighted by Gasteiger charge is 2.47. The van der Waals surface area contributed by atoms with Crippen molar-refractivity contribution in [3.8, 4) is 28.7 Å². The molecule has 1 amide bonds. The highest BCUT2D eigenvalue weighted by atomic mass is 16.7. The minimum atomic E-state index is -1.30. The monoisotopic (exact) mass is 728 g/mol. The summed E-state index contributed by atoms with van der Waals surface area (Å²) >= 11 is 0. The predicted molar refractivity (Wildman–Crippen MR) is 187 cm³/mol. The Hall–Kier alpha value is -4.99. The highest BCUT2D eigenvalue weighted by Crippen LogP contribution is 2.49. The highest BCUT2D eigenvalue weighted by molar-refractivity contribution is 5.80. The number of hydrogen-bond donors (Lipinski definition) is 2. The lowest BCUT2D eigenvalue weighted by Crippen LogP contribution is -2.57. The molecule has 2 aromatic rings. The second kappa shape index (κ2) is 18.5. The number of aryl methyl sites for hydroxylation is 1. The van der Waals surface area contributed by atoms with Crippen LogP contribution in [0.15, 0.2) is 37.4 Å². The van der Waals surface area contributed by atoms with Crippen LogP contribution in [0.3, 0.4) is 0 Å². The van der Waals surface area contributed by atoms with Crippen molar-refractivity contribution in [1.29, 1.82) is 0 Å². The van der Waals surface area contributed by atoms with E-state index in [1.165, 1.54) is 32.1 Å². The number of methoxy groups -OCH3 is 2. The number of carbonyl (C=O) groups is 3. The average molecular weight is 729 g/mol. The Morgan fingerprint density at radius 2 is 1.77 bits per heavy atom. The van der Waals surface area contributed by atoms with E-state index < -0.39 is 48.8 Å². The first kappa shape index (κ1) is 39.8. The molecule has 2 heterocycles. The topological polar surface area (TPSA) is 170 Å². The van der Waals surface area contributed by atoms with Crippen molar-refractivity contribution in [2.24, 2.45) is 0 Å². The van der Waals surface area contributed by atoms with E-state index in [1.807, 2.05) is 13.0 Å². The van der Waals surface area contributed by atoms with Crippen LogP contribution in [-0.2, 0) is 35.0 Å². The van der Waals surface area contributed by atoms with E-state index in [4.69, 9.17) is 42.6 Å². The molecule has 15 nitrogen and oxygen atoms in total. The van der Waals surface area contributed by atoms with Gasteiger partial charge in [-0.1, -0.05) is 31.4 Å². The Morgan fingerprint density at radius 1 is 1.04 bits per heavy atom. The van der Waals surface area contributed by atoms with E-state index in [0.29, 0.717) is 39.7 Å². The fraction of sp³-hybridized carbons (Fsp3) is 0.486. The normalized spacial score (nSPS) is 16.9. The van der Waals surface area contributed by atoms with E-state index in [9.17, 15) is 19.5 Å². The molecule has 0 fully saturated rings. The Morgan fingerprint density at radius 3 is 2.40 bits per heavy atom. The molecule has 2 N–H and O–H groups in total. The van der Waals surface area contributed by atoms with Crippen molar-refractivity contribution in [3.05, 3.63) is 65.3 Å². The number of benzene rings is 2. The molecule has 0 aliphatic carbocycles. The first-order valence-corrected chi connectivity index (χ1v) is 16.8. The van der Waals surface area contributed by atoms with Gasteiger partial charge < -0.3 is 47.7 Å². The number of fused-ring (bicyclic) bond motifs is 2. The maximum Gasteiger partial charge on any atom is 0.411 e. The van der Waals surface area contributed by atoms with Crippen molar-refractivity contribution in [2.75, 3.05) is 60.8 Å². The van der Waals surface area contributed by atoms with Crippen LogP contribution in [0.2, 0.25) is 0 Å². The largest absolute Gasteiger partial charge is 0.493 e. The zero-order valence-corrected chi connectivity index (χ0v) is 30.5. The number of carbonyl (C=O) groups excluding carboxylic acids is 3. The summed E-state index contributed by atoms with van der Waals surface area (Å²) in [7, 11) is 2.97. The van der Waals surface area contributed by atoms with E-state index in [0.717, 1.165) is 11.1 Å². The summed E-state index contributed by atoms with van der Waals surface area (Å²) in [6.45, 7) is 13.0. The number of rotatable bonds is 18. The van der Waals surface area contributed by atoms with Gasteiger partial charge in [-0.25, -0.2) is 9.59 Å². The number of amides is 1. The third kappa shape index (κ3) is 8.54. The average Bonchev–Trinajstić information content (AvgIpc) is 3.63. The Bertz CT molecular complexity index is 1630. The summed E-state index contributed by atoms with van der Waals surface area (Å²) < 4.78 is 51.2. The molecule has 0 spiro atoms. The summed E-state index contributed by atoms with van der Waals surface area (Å²) in [5.74, 6) is 0.421. The fourth-order valence-corrected chi connectivity index (χ4v) is 6.47. The molecule has 0 saturated heterocycles. The van der Waals surface area contributed by atoms with Crippen molar-refractivity contribution in [3.63, 3.8) is 0 Å². The van der Waals surface area contributed by atoms with Gasteiger partial charge in [-0.2, -0.15) is 0 Å². The van der Waals surface area contributed by atoms with Crippen LogP contribution in [0.4, 0.5) is 4.79 Å². The molecule has 0 radical (unpaired) electrons. The van der Waals surface area contributed by atoms with Gasteiger partial charge in [-0.3, -0.25) is 15.0 Å². The van der Waals surface area contributed by atoms with Crippen LogP contribution in [-0.4, -0.2) is 101 Å². The maximum atomic E-state index is 14.1. The molecule has 0 aromatic heterocycles. The molecule has 2 aromatic carbocycles. The number of ether oxygens (including phenoxy) is 9. The van der Waals surface area contributed by atoms with Gasteiger partial charge in [-0.15, -0.1) is 0 Å². The Balaban J connectivity index is 1.99. The van der Waals surface area contributed by atoms with Gasteiger partial charge in [0.1, 0.15) is 31.6 Å². The van der Waals surface area contributed by atoms with Crippen LogP contribution in [0.25, 0.3) is 0 Å².